The van der Waals surface area contributed by atoms with Gasteiger partial charge in [0.15, 0.2) is 0 Å². The lowest BCUT2D eigenvalue weighted by atomic mass is 10.2. The Morgan fingerprint density at radius 3 is 1.42 bits per heavy atom. The molecule has 8 heteroatoms. The molecule has 0 bridgehead atoms. The van der Waals surface area contributed by atoms with Gasteiger partial charge in [-0.15, -0.1) is 0 Å². The van der Waals surface area contributed by atoms with Crippen LogP contribution >= 0.6 is 44.1 Å². The van der Waals surface area contributed by atoms with E-state index in [9.17, 15) is 4.79 Å². The van der Waals surface area contributed by atoms with Gasteiger partial charge in [0.05, 0.1) is 14.2 Å². The number of rotatable bonds is 6. The van der Waals surface area contributed by atoms with Crippen LogP contribution in [0.1, 0.15) is 15.9 Å². The number of carbonyl (C=O) groups is 1. The second kappa shape index (κ2) is 13.8. The summed E-state index contributed by atoms with van der Waals surface area (Å²) in [4.78, 5) is 12.6. The average molecular weight is 628 g/mol. The molecular weight excluding hydrogens is 604 g/mol. The van der Waals surface area contributed by atoms with Crippen LogP contribution in [0.3, 0.4) is 0 Å². The highest BCUT2D eigenvalue weighted by Gasteiger charge is 2.06. The lowest BCUT2D eigenvalue weighted by Crippen LogP contribution is -2.11. The number of carbonyl (C=O) groups excluding carboxylic acids is 1. The number of methoxy groups -OCH3 is 2. The normalized spacial score (nSPS) is 9.89. The Morgan fingerprint density at radius 1 is 0.611 bits per heavy atom. The van der Waals surface area contributed by atoms with Gasteiger partial charge in [0, 0.05) is 31.4 Å². The number of amides is 1. The summed E-state index contributed by atoms with van der Waals surface area (Å²) in [7, 11) is 3.24. The molecule has 2 N–H and O–H groups in total. The first-order chi connectivity index (χ1) is 17.4. The Labute approximate surface area is 233 Å². The molecule has 0 aliphatic heterocycles. The van der Waals surface area contributed by atoms with Crippen LogP contribution in [-0.4, -0.2) is 25.1 Å². The minimum absolute atomic E-state index is 0.139. The van der Waals surface area contributed by atoms with Gasteiger partial charge in [-0.1, -0.05) is 44.1 Å². The Bertz CT molecular complexity index is 1180. The topological polar surface area (TPSA) is 59.6 Å². The number of thiocarbonyl (C=S) groups is 1. The van der Waals surface area contributed by atoms with Gasteiger partial charge in [0.2, 0.25) is 0 Å². The molecule has 0 heterocycles. The molecule has 0 radical (unpaired) electrons. The Morgan fingerprint density at radius 2 is 1.00 bits per heavy atom. The van der Waals surface area contributed by atoms with E-state index in [4.69, 9.17) is 21.7 Å². The third kappa shape index (κ3) is 8.48. The summed E-state index contributed by atoms with van der Waals surface area (Å²) < 4.78 is 12.2. The molecule has 0 saturated heterocycles. The Kier molecular flexibility index (Phi) is 10.5. The fourth-order valence-electron chi connectivity index (χ4n) is 2.96. The zero-order valence-corrected chi connectivity index (χ0v) is 23.6. The molecule has 0 aliphatic carbocycles. The van der Waals surface area contributed by atoms with Crippen molar-refractivity contribution in [1.29, 1.82) is 0 Å². The predicted molar refractivity (Wildman–Crippen MR) is 158 cm³/mol. The number of hydrogen-bond acceptors (Lipinski definition) is 4. The van der Waals surface area contributed by atoms with Crippen LogP contribution in [0.2, 0.25) is 0 Å². The number of benzene rings is 4. The number of hydrogen-bond donors (Lipinski definition) is 2. The van der Waals surface area contributed by atoms with Gasteiger partial charge >= 0.3 is 0 Å². The second-order valence-electron chi connectivity index (χ2n) is 7.38. The van der Waals surface area contributed by atoms with Crippen molar-refractivity contribution in [1.82, 2.24) is 0 Å². The van der Waals surface area contributed by atoms with E-state index >= 15 is 0 Å². The van der Waals surface area contributed by atoms with Crippen LogP contribution in [0, 0.1) is 0 Å². The van der Waals surface area contributed by atoms with Crippen molar-refractivity contribution in [2.45, 2.75) is 0 Å². The first kappa shape index (κ1) is 27.4. The summed E-state index contributed by atoms with van der Waals surface area (Å²) in [6.45, 7) is 0. The van der Waals surface area contributed by atoms with Crippen molar-refractivity contribution in [3.63, 3.8) is 0 Å². The summed E-state index contributed by atoms with van der Waals surface area (Å²) in [5.41, 5.74) is 3.30. The van der Waals surface area contributed by atoms with Crippen LogP contribution in [0.25, 0.3) is 0 Å². The van der Waals surface area contributed by atoms with Gasteiger partial charge in [-0.05, 0) is 97.1 Å². The van der Waals surface area contributed by atoms with E-state index in [0.29, 0.717) is 10.6 Å². The van der Waals surface area contributed by atoms with Gasteiger partial charge < -0.3 is 20.1 Å². The van der Waals surface area contributed by atoms with Crippen molar-refractivity contribution >= 4 is 66.3 Å². The smallest absolute Gasteiger partial charge is 0.255 e. The first-order valence-electron chi connectivity index (χ1n) is 10.8. The molecule has 4 rings (SSSR count). The third-order valence-electron chi connectivity index (χ3n) is 4.91. The molecule has 0 aromatic heterocycles. The summed E-state index contributed by atoms with van der Waals surface area (Å²) in [5, 5.41) is 6.01. The van der Waals surface area contributed by atoms with E-state index in [0.717, 1.165) is 37.4 Å². The zero-order valence-electron chi connectivity index (χ0n) is 19.6. The van der Waals surface area contributed by atoms with Crippen LogP contribution in [-0.2, 0) is 0 Å². The second-order valence-corrected chi connectivity index (χ2v) is 9.62. The molecule has 0 fully saturated rings. The molecule has 0 unspecified atom stereocenters. The average Bonchev–Trinajstić information content (AvgIpc) is 2.91. The van der Waals surface area contributed by atoms with E-state index in [-0.39, 0.29) is 5.91 Å². The minimum Gasteiger partial charge on any atom is -0.497 e. The molecule has 4 aromatic carbocycles. The maximum atomic E-state index is 11.9. The van der Waals surface area contributed by atoms with E-state index in [1.165, 1.54) is 0 Å². The standard InChI is InChI=1S/C14H12BrNO2.C14H12BrNOS/c1-18-13-8-2-10(3-9-13)14(17)16-12-6-4-11(15)5-7-12;1-17-13-8-2-10(3-9-13)14(18)16-12-6-4-11(15)5-7-12/h2-9H,1H3,(H,16,17);2-9H,1H3,(H,16,18). The fraction of sp³-hybridized carbons (Fsp3) is 0.0714. The van der Waals surface area contributed by atoms with Crippen LogP contribution in [0.4, 0.5) is 11.4 Å². The van der Waals surface area contributed by atoms with E-state index < -0.39 is 0 Å². The summed E-state index contributed by atoms with van der Waals surface area (Å²) in [5.74, 6) is 1.42. The maximum absolute atomic E-state index is 11.9. The van der Waals surface area contributed by atoms with E-state index in [1.807, 2.05) is 72.8 Å². The lowest BCUT2D eigenvalue weighted by Gasteiger charge is -2.08. The monoisotopic (exact) mass is 626 g/mol. The molecule has 5 nitrogen and oxygen atoms in total. The molecule has 4 aromatic rings. The van der Waals surface area contributed by atoms with Crippen molar-refractivity contribution in [2.75, 3.05) is 24.9 Å². The van der Waals surface area contributed by atoms with Crippen molar-refractivity contribution in [3.05, 3.63) is 117 Å². The van der Waals surface area contributed by atoms with E-state index in [1.54, 1.807) is 38.5 Å². The number of nitrogens with one attached hydrogen (secondary N) is 2. The SMILES string of the molecule is COc1ccc(C(=O)Nc2ccc(Br)cc2)cc1.COc1ccc(C(=S)Nc2ccc(Br)cc2)cc1. The molecular formula is C28H24Br2N2O3S. The summed E-state index contributed by atoms with van der Waals surface area (Å²) in [6.07, 6.45) is 0. The van der Waals surface area contributed by atoms with Crippen LogP contribution in [0.15, 0.2) is 106 Å². The minimum atomic E-state index is -0.139. The lowest BCUT2D eigenvalue weighted by molar-refractivity contribution is 0.102. The number of ether oxygens (including phenoxy) is 2. The maximum Gasteiger partial charge on any atom is 0.255 e. The van der Waals surface area contributed by atoms with Gasteiger partial charge in [-0.3, -0.25) is 4.79 Å². The first-order valence-corrected chi connectivity index (χ1v) is 12.8. The predicted octanol–water partition coefficient (Wildman–Crippen LogP) is 7.96. The van der Waals surface area contributed by atoms with Gasteiger partial charge in [-0.2, -0.15) is 0 Å². The highest BCUT2D eigenvalue weighted by molar-refractivity contribution is 9.10. The molecule has 0 saturated carbocycles. The van der Waals surface area contributed by atoms with Gasteiger partial charge in [0.25, 0.3) is 5.91 Å². The number of halogens is 2. The molecule has 0 spiro atoms. The van der Waals surface area contributed by atoms with Crippen LogP contribution < -0.4 is 20.1 Å². The highest BCUT2D eigenvalue weighted by Crippen LogP contribution is 2.18. The van der Waals surface area contributed by atoms with Gasteiger partial charge in [-0.25, -0.2) is 0 Å². The number of anilines is 2. The summed E-state index contributed by atoms with van der Waals surface area (Å²) >= 11 is 12.1. The molecule has 0 aliphatic rings. The van der Waals surface area contributed by atoms with Crippen molar-refractivity contribution in [2.24, 2.45) is 0 Å². The highest BCUT2D eigenvalue weighted by atomic mass is 79.9. The molecule has 1 amide bonds. The zero-order chi connectivity index (χ0) is 25.9. The Hall–Kier alpha value is -3.20. The summed E-state index contributed by atoms with van der Waals surface area (Å²) in [6, 6.07) is 30.0. The van der Waals surface area contributed by atoms with E-state index in [2.05, 4.69) is 42.5 Å². The molecule has 36 heavy (non-hydrogen) atoms. The quantitative estimate of drug-likeness (QED) is 0.212. The molecule has 184 valence electrons. The third-order valence-corrected chi connectivity index (χ3v) is 6.30. The Balaban J connectivity index is 0.000000201. The molecule has 0 atom stereocenters. The fourth-order valence-corrected chi connectivity index (χ4v) is 3.74. The largest absolute Gasteiger partial charge is 0.497 e. The van der Waals surface area contributed by atoms with Crippen LogP contribution in [0.5, 0.6) is 11.5 Å². The van der Waals surface area contributed by atoms with Crippen molar-refractivity contribution < 1.29 is 14.3 Å². The van der Waals surface area contributed by atoms with Crippen molar-refractivity contribution in [3.8, 4) is 11.5 Å². The van der Waals surface area contributed by atoms with Gasteiger partial charge in [0.1, 0.15) is 16.5 Å².